The summed E-state index contributed by atoms with van der Waals surface area (Å²) in [5.74, 6) is -0.690. The van der Waals surface area contributed by atoms with Crippen molar-refractivity contribution in [1.82, 2.24) is 0 Å². The Morgan fingerprint density at radius 2 is 0.769 bits per heavy atom. The number of carboxylic acids is 1. The van der Waals surface area contributed by atoms with Crippen molar-refractivity contribution in [1.29, 1.82) is 0 Å². The monoisotopic (exact) mass is 551 g/mol. The molecular formula is C36H70O3. The molecule has 0 bridgehead atoms. The van der Waals surface area contributed by atoms with E-state index < -0.39 is 5.97 Å². The minimum atomic E-state index is -0.570. The average Bonchev–Trinajstić information content (AvgIpc) is 3.68. The summed E-state index contributed by atoms with van der Waals surface area (Å²) in [6, 6.07) is 0. The smallest absolute Gasteiger partial charge is 0.306 e. The van der Waals surface area contributed by atoms with Crippen LogP contribution in [-0.2, 0) is 9.53 Å². The van der Waals surface area contributed by atoms with E-state index in [1.54, 1.807) is 0 Å². The summed E-state index contributed by atoms with van der Waals surface area (Å²) in [6.45, 7) is 4.56. The number of carbonyl (C=O) groups is 1. The minimum absolute atomic E-state index is 0.120. The number of ether oxygens (including phenoxy) is 1. The van der Waals surface area contributed by atoms with Crippen LogP contribution in [0.4, 0.5) is 0 Å². The molecule has 0 saturated carbocycles. The van der Waals surface area contributed by atoms with Crippen molar-refractivity contribution in [2.45, 2.75) is 219 Å². The molecule has 0 radical (unpaired) electrons. The number of hydrogen-bond donors (Lipinski definition) is 1. The molecule has 3 heteroatoms. The van der Waals surface area contributed by atoms with E-state index >= 15 is 0 Å². The van der Waals surface area contributed by atoms with E-state index in [0.29, 0.717) is 12.2 Å². The molecule has 0 aromatic carbocycles. The highest BCUT2D eigenvalue weighted by molar-refractivity contribution is 5.69. The van der Waals surface area contributed by atoms with Crippen LogP contribution in [0.1, 0.15) is 206 Å². The molecule has 3 unspecified atom stereocenters. The standard InChI is InChI=1S/C36H70O3/c1-3-5-7-9-11-12-13-14-15-16-17-18-19-20-21-25-29-33(36(37)38)30-26-23-24-28-32-35-34(39-35)31-27-22-10-8-6-4-2/h33-35H,3-32H2,1-2H3,(H,37,38). The Morgan fingerprint density at radius 1 is 0.487 bits per heavy atom. The minimum Gasteiger partial charge on any atom is -0.481 e. The second-order valence-corrected chi connectivity index (χ2v) is 12.9. The van der Waals surface area contributed by atoms with E-state index in [9.17, 15) is 9.90 Å². The number of epoxide rings is 1. The number of carboxylic acid groups (broad SMARTS) is 1. The molecule has 3 atom stereocenters. The molecule has 1 rings (SSSR count). The number of unbranched alkanes of at least 4 members (excludes halogenated alkanes) is 23. The molecule has 3 nitrogen and oxygen atoms in total. The second-order valence-electron chi connectivity index (χ2n) is 12.9. The highest BCUT2D eigenvalue weighted by atomic mass is 16.6. The number of aliphatic carboxylic acids is 1. The molecule has 1 heterocycles. The lowest BCUT2D eigenvalue weighted by molar-refractivity contribution is -0.142. The van der Waals surface area contributed by atoms with Gasteiger partial charge in [0.25, 0.3) is 0 Å². The van der Waals surface area contributed by atoms with Crippen LogP contribution in [0.15, 0.2) is 0 Å². The molecule has 0 aromatic heterocycles. The zero-order valence-electron chi connectivity index (χ0n) is 26.7. The first-order valence-corrected chi connectivity index (χ1v) is 18.1. The molecule has 1 N–H and O–H groups in total. The van der Waals surface area contributed by atoms with Crippen LogP contribution in [0.3, 0.4) is 0 Å². The fourth-order valence-electron chi connectivity index (χ4n) is 6.23. The third-order valence-electron chi connectivity index (χ3n) is 9.08. The Hall–Kier alpha value is -0.570. The van der Waals surface area contributed by atoms with Crippen molar-refractivity contribution in [3.63, 3.8) is 0 Å². The van der Waals surface area contributed by atoms with Crippen LogP contribution in [0.5, 0.6) is 0 Å². The molecule has 0 aliphatic carbocycles. The van der Waals surface area contributed by atoms with Crippen LogP contribution >= 0.6 is 0 Å². The van der Waals surface area contributed by atoms with E-state index in [-0.39, 0.29) is 5.92 Å². The van der Waals surface area contributed by atoms with Crippen molar-refractivity contribution >= 4 is 5.97 Å². The summed E-state index contributed by atoms with van der Waals surface area (Å²) >= 11 is 0. The quantitative estimate of drug-likeness (QED) is 0.0669. The number of rotatable bonds is 32. The maximum absolute atomic E-state index is 11.7. The molecule has 0 amide bonds. The van der Waals surface area contributed by atoms with Gasteiger partial charge in [-0.2, -0.15) is 0 Å². The van der Waals surface area contributed by atoms with E-state index in [4.69, 9.17) is 4.74 Å². The molecule has 0 aromatic rings. The lowest BCUT2D eigenvalue weighted by Crippen LogP contribution is -2.13. The molecule has 1 aliphatic rings. The zero-order valence-corrected chi connectivity index (χ0v) is 26.7. The largest absolute Gasteiger partial charge is 0.481 e. The van der Waals surface area contributed by atoms with Gasteiger partial charge in [0.05, 0.1) is 18.1 Å². The maximum Gasteiger partial charge on any atom is 0.306 e. The van der Waals surface area contributed by atoms with Gasteiger partial charge >= 0.3 is 5.97 Å². The Kier molecular flexibility index (Phi) is 25.8. The van der Waals surface area contributed by atoms with Gasteiger partial charge in [-0.15, -0.1) is 0 Å². The molecule has 1 aliphatic heterocycles. The summed E-state index contributed by atoms with van der Waals surface area (Å²) < 4.78 is 5.87. The topological polar surface area (TPSA) is 49.8 Å². The van der Waals surface area contributed by atoms with Crippen LogP contribution in [0, 0.1) is 5.92 Å². The predicted octanol–water partition coefficient (Wildman–Crippen LogP) is 12.2. The Bertz CT molecular complexity index is 519. The summed E-state index contributed by atoms with van der Waals surface area (Å²) in [4.78, 5) is 11.7. The Morgan fingerprint density at radius 3 is 1.08 bits per heavy atom. The van der Waals surface area contributed by atoms with Gasteiger partial charge in [0.1, 0.15) is 0 Å². The molecule has 39 heavy (non-hydrogen) atoms. The van der Waals surface area contributed by atoms with Gasteiger partial charge in [0.15, 0.2) is 0 Å². The first-order valence-electron chi connectivity index (χ1n) is 18.1. The van der Waals surface area contributed by atoms with E-state index in [1.165, 1.54) is 167 Å². The van der Waals surface area contributed by atoms with Gasteiger partial charge in [-0.25, -0.2) is 0 Å². The summed E-state index contributed by atoms with van der Waals surface area (Å²) in [6.07, 6.45) is 40.1. The molecule has 1 fully saturated rings. The van der Waals surface area contributed by atoms with Crippen molar-refractivity contribution in [3.8, 4) is 0 Å². The van der Waals surface area contributed by atoms with Crippen molar-refractivity contribution in [2.24, 2.45) is 5.92 Å². The summed E-state index contributed by atoms with van der Waals surface area (Å²) in [5.41, 5.74) is 0. The van der Waals surface area contributed by atoms with Crippen LogP contribution in [0.25, 0.3) is 0 Å². The molecule has 1 saturated heterocycles. The Balaban J connectivity index is 1.83. The molecule has 232 valence electrons. The highest BCUT2D eigenvalue weighted by Gasteiger charge is 2.36. The molecule has 0 spiro atoms. The predicted molar refractivity (Wildman–Crippen MR) is 170 cm³/mol. The van der Waals surface area contributed by atoms with E-state index in [1.807, 2.05) is 0 Å². The van der Waals surface area contributed by atoms with Gasteiger partial charge in [-0.1, -0.05) is 181 Å². The number of hydrogen-bond acceptors (Lipinski definition) is 2. The Labute approximate surface area is 245 Å². The first kappa shape index (κ1) is 36.5. The lowest BCUT2D eigenvalue weighted by atomic mass is 9.94. The zero-order chi connectivity index (χ0) is 28.2. The summed E-state index contributed by atoms with van der Waals surface area (Å²) in [5, 5.41) is 9.63. The normalized spacial score (nSPS) is 17.5. The SMILES string of the molecule is CCCCCCCCCCCCCCCCCCC(CCCCCCC1OC1CCCCCCCC)C(=O)O. The molecular weight excluding hydrogens is 480 g/mol. The second kappa shape index (κ2) is 27.6. The highest BCUT2D eigenvalue weighted by Crippen LogP contribution is 2.32. The van der Waals surface area contributed by atoms with E-state index in [2.05, 4.69) is 13.8 Å². The average molecular weight is 551 g/mol. The van der Waals surface area contributed by atoms with Crippen molar-refractivity contribution in [3.05, 3.63) is 0 Å². The maximum atomic E-state index is 11.7. The van der Waals surface area contributed by atoms with Crippen LogP contribution < -0.4 is 0 Å². The van der Waals surface area contributed by atoms with Crippen LogP contribution in [-0.4, -0.2) is 23.3 Å². The third kappa shape index (κ3) is 23.8. The van der Waals surface area contributed by atoms with Gasteiger partial charge < -0.3 is 9.84 Å². The van der Waals surface area contributed by atoms with Gasteiger partial charge in [-0.3, -0.25) is 4.79 Å². The summed E-state index contributed by atoms with van der Waals surface area (Å²) in [7, 11) is 0. The fraction of sp³-hybridized carbons (Fsp3) is 0.972. The lowest BCUT2D eigenvalue weighted by Gasteiger charge is -2.12. The van der Waals surface area contributed by atoms with Gasteiger partial charge in [0.2, 0.25) is 0 Å². The van der Waals surface area contributed by atoms with Gasteiger partial charge in [0, 0.05) is 0 Å². The van der Waals surface area contributed by atoms with Crippen LogP contribution in [0.2, 0.25) is 0 Å². The van der Waals surface area contributed by atoms with Crippen molar-refractivity contribution in [2.75, 3.05) is 0 Å². The van der Waals surface area contributed by atoms with Gasteiger partial charge in [-0.05, 0) is 25.7 Å². The van der Waals surface area contributed by atoms with E-state index in [0.717, 1.165) is 25.7 Å². The third-order valence-corrected chi connectivity index (χ3v) is 9.08. The van der Waals surface area contributed by atoms with Crippen molar-refractivity contribution < 1.29 is 14.6 Å². The first-order chi connectivity index (χ1) is 19.2. The fourth-order valence-corrected chi connectivity index (χ4v) is 6.23.